The average Bonchev–Trinajstić information content (AvgIpc) is 2.53. The number of methoxy groups -OCH3 is 1. The Bertz CT molecular complexity index is 358. The lowest BCUT2D eigenvalue weighted by molar-refractivity contribution is -0.163. The van der Waals surface area contributed by atoms with Crippen molar-refractivity contribution in [1.82, 2.24) is 15.1 Å². The van der Waals surface area contributed by atoms with E-state index in [9.17, 15) is 9.59 Å². The fraction of sp³-hybridized carbons (Fsp3) is 0.846. The summed E-state index contributed by atoms with van der Waals surface area (Å²) in [5, 5.41) is 3.26. The van der Waals surface area contributed by atoms with Crippen molar-refractivity contribution in [1.29, 1.82) is 0 Å². The van der Waals surface area contributed by atoms with Crippen molar-refractivity contribution in [2.75, 3.05) is 53.0 Å². The Morgan fingerprint density at radius 2 is 2.00 bits per heavy atom. The van der Waals surface area contributed by atoms with Gasteiger partial charge >= 0.3 is 5.97 Å². The van der Waals surface area contributed by atoms with E-state index in [-0.39, 0.29) is 18.6 Å². The van der Waals surface area contributed by atoms with Crippen molar-refractivity contribution < 1.29 is 19.1 Å². The van der Waals surface area contributed by atoms with Crippen molar-refractivity contribution in [2.24, 2.45) is 0 Å². The molecule has 20 heavy (non-hydrogen) atoms. The van der Waals surface area contributed by atoms with Crippen LogP contribution in [0.3, 0.4) is 0 Å². The van der Waals surface area contributed by atoms with E-state index in [0.717, 1.165) is 26.2 Å². The van der Waals surface area contributed by atoms with Gasteiger partial charge < -0.3 is 19.7 Å². The molecule has 0 aromatic carbocycles. The summed E-state index contributed by atoms with van der Waals surface area (Å²) < 4.78 is 10.1. The third-order valence-electron chi connectivity index (χ3n) is 3.94. The van der Waals surface area contributed by atoms with E-state index >= 15 is 0 Å². The van der Waals surface area contributed by atoms with Crippen LogP contribution >= 0.6 is 0 Å². The first-order valence-corrected chi connectivity index (χ1v) is 7.06. The van der Waals surface area contributed by atoms with Gasteiger partial charge in [-0.05, 0) is 6.92 Å². The van der Waals surface area contributed by atoms with E-state index in [1.165, 1.54) is 7.11 Å². The Balaban J connectivity index is 2.02. The van der Waals surface area contributed by atoms with Crippen LogP contribution in [0.4, 0.5) is 0 Å². The predicted molar refractivity (Wildman–Crippen MR) is 72.2 cm³/mol. The van der Waals surface area contributed by atoms with E-state index in [2.05, 4.69) is 10.2 Å². The Labute approximate surface area is 119 Å². The first-order chi connectivity index (χ1) is 9.65. The average molecular weight is 285 g/mol. The Hall–Kier alpha value is -1.18. The zero-order chi connectivity index (χ0) is 14.5. The molecule has 0 radical (unpaired) electrons. The molecule has 0 spiro atoms. The number of nitrogens with zero attached hydrogens (tertiary/aromatic N) is 2. The van der Waals surface area contributed by atoms with Gasteiger partial charge in [0.05, 0.1) is 26.4 Å². The first-order valence-electron chi connectivity index (χ1n) is 7.06. The summed E-state index contributed by atoms with van der Waals surface area (Å²) in [6.07, 6.45) is 0. The molecule has 0 bridgehead atoms. The van der Waals surface area contributed by atoms with E-state index in [1.54, 1.807) is 4.90 Å². The minimum Gasteiger partial charge on any atom is -0.467 e. The van der Waals surface area contributed by atoms with Crippen LogP contribution in [0, 0.1) is 0 Å². The molecule has 0 aromatic heterocycles. The molecule has 2 heterocycles. The van der Waals surface area contributed by atoms with Gasteiger partial charge in [-0.25, -0.2) is 4.79 Å². The van der Waals surface area contributed by atoms with Crippen LogP contribution in [-0.4, -0.2) is 86.8 Å². The molecule has 2 aliphatic rings. The minimum atomic E-state index is -0.619. The SMILES string of the molecule is COC(=O)C1COCCN1C(=O)C(C)N1CCNCC1. The number of ether oxygens (including phenoxy) is 2. The lowest BCUT2D eigenvalue weighted by Gasteiger charge is -2.39. The molecule has 2 fully saturated rings. The first kappa shape index (κ1) is 15.2. The second-order valence-corrected chi connectivity index (χ2v) is 5.11. The van der Waals surface area contributed by atoms with Gasteiger partial charge in [-0.2, -0.15) is 0 Å². The van der Waals surface area contributed by atoms with Crippen molar-refractivity contribution in [3.05, 3.63) is 0 Å². The van der Waals surface area contributed by atoms with Crippen molar-refractivity contribution in [3.8, 4) is 0 Å². The zero-order valence-corrected chi connectivity index (χ0v) is 12.1. The van der Waals surface area contributed by atoms with E-state index in [1.807, 2.05) is 6.92 Å². The normalized spacial score (nSPS) is 26.1. The van der Waals surface area contributed by atoms with E-state index < -0.39 is 12.0 Å². The van der Waals surface area contributed by atoms with Crippen LogP contribution in [0.2, 0.25) is 0 Å². The summed E-state index contributed by atoms with van der Waals surface area (Å²) in [5.74, 6) is -0.434. The summed E-state index contributed by atoms with van der Waals surface area (Å²) in [6, 6.07) is -0.839. The topological polar surface area (TPSA) is 71.1 Å². The quantitative estimate of drug-likeness (QED) is 0.649. The number of hydrogen-bond acceptors (Lipinski definition) is 6. The zero-order valence-electron chi connectivity index (χ0n) is 12.1. The molecular weight excluding hydrogens is 262 g/mol. The number of nitrogens with one attached hydrogen (secondary N) is 1. The molecule has 2 atom stereocenters. The smallest absolute Gasteiger partial charge is 0.331 e. The molecule has 2 unspecified atom stereocenters. The van der Waals surface area contributed by atoms with Crippen molar-refractivity contribution >= 4 is 11.9 Å². The maximum absolute atomic E-state index is 12.6. The number of rotatable bonds is 3. The summed E-state index contributed by atoms with van der Waals surface area (Å²) in [6.45, 7) is 6.50. The van der Waals surface area contributed by atoms with E-state index in [4.69, 9.17) is 9.47 Å². The monoisotopic (exact) mass is 285 g/mol. The van der Waals surface area contributed by atoms with Crippen LogP contribution < -0.4 is 5.32 Å². The fourth-order valence-electron chi connectivity index (χ4n) is 2.66. The van der Waals surface area contributed by atoms with E-state index in [0.29, 0.717) is 13.2 Å². The molecule has 1 N–H and O–H groups in total. The maximum atomic E-state index is 12.6. The van der Waals surface area contributed by atoms with Gasteiger partial charge in [-0.3, -0.25) is 9.69 Å². The second kappa shape index (κ2) is 7.01. The second-order valence-electron chi connectivity index (χ2n) is 5.11. The van der Waals surface area contributed by atoms with Gasteiger partial charge in [0.2, 0.25) is 5.91 Å². The van der Waals surface area contributed by atoms with Crippen molar-refractivity contribution in [3.63, 3.8) is 0 Å². The molecule has 0 aliphatic carbocycles. The number of hydrogen-bond donors (Lipinski definition) is 1. The van der Waals surface area contributed by atoms with Gasteiger partial charge in [-0.15, -0.1) is 0 Å². The molecule has 1 amide bonds. The standard InChI is InChI=1S/C13H23N3O4/c1-10(15-5-3-14-4-6-15)12(17)16-7-8-20-9-11(16)13(18)19-2/h10-11,14H,3-9H2,1-2H3. The number of esters is 1. The number of amides is 1. The van der Waals surface area contributed by atoms with Crippen LogP contribution in [-0.2, 0) is 19.1 Å². The highest BCUT2D eigenvalue weighted by molar-refractivity contribution is 5.87. The predicted octanol–water partition coefficient (Wildman–Crippen LogP) is -1.32. The van der Waals surface area contributed by atoms with Crippen molar-refractivity contribution in [2.45, 2.75) is 19.0 Å². The Kier molecular flexibility index (Phi) is 5.33. The van der Waals surface area contributed by atoms with Gasteiger partial charge in [-0.1, -0.05) is 0 Å². The number of carbonyl (C=O) groups is 2. The summed E-state index contributed by atoms with van der Waals surface area (Å²) >= 11 is 0. The van der Waals surface area contributed by atoms with Crippen LogP contribution in [0.25, 0.3) is 0 Å². The molecule has 114 valence electrons. The third-order valence-corrected chi connectivity index (χ3v) is 3.94. The highest BCUT2D eigenvalue weighted by atomic mass is 16.5. The molecule has 7 nitrogen and oxygen atoms in total. The molecule has 0 saturated carbocycles. The largest absolute Gasteiger partial charge is 0.467 e. The molecule has 2 aliphatic heterocycles. The van der Waals surface area contributed by atoms with Crippen LogP contribution in [0.15, 0.2) is 0 Å². The number of morpholine rings is 1. The molecule has 0 aromatic rings. The Morgan fingerprint density at radius 3 is 2.65 bits per heavy atom. The maximum Gasteiger partial charge on any atom is 0.331 e. The molecule has 2 rings (SSSR count). The molecule has 7 heteroatoms. The summed E-state index contributed by atoms with van der Waals surface area (Å²) in [7, 11) is 1.33. The molecular formula is C13H23N3O4. The lowest BCUT2D eigenvalue weighted by Crippen LogP contribution is -2.59. The number of piperazine rings is 1. The minimum absolute atomic E-state index is 0.0226. The third kappa shape index (κ3) is 3.28. The van der Waals surface area contributed by atoms with Crippen LogP contribution in [0.5, 0.6) is 0 Å². The van der Waals surface area contributed by atoms with Crippen LogP contribution in [0.1, 0.15) is 6.92 Å². The highest BCUT2D eigenvalue weighted by Gasteiger charge is 2.37. The van der Waals surface area contributed by atoms with Gasteiger partial charge in [0, 0.05) is 32.7 Å². The lowest BCUT2D eigenvalue weighted by atomic mass is 10.1. The molecule has 2 saturated heterocycles. The van der Waals surface area contributed by atoms with Gasteiger partial charge in [0.1, 0.15) is 0 Å². The fourth-order valence-corrected chi connectivity index (χ4v) is 2.66. The van der Waals surface area contributed by atoms with Gasteiger partial charge in [0.25, 0.3) is 0 Å². The highest BCUT2D eigenvalue weighted by Crippen LogP contribution is 2.13. The Morgan fingerprint density at radius 1 is 1.30 bits per heavy atom. The summed E-state index contributed by atoms with van der Waals surface area (Å²) in [4.78, 5) is 28.1. The summed E-state index contributed by atoms with van der Waals surface area (Å²) in [5.41, 5.74) is 0. The number of carbonyl (C=O) groups excluding carboxylic acids is 2. The van der Waals surface area contributed by atoms with Gasteiger partial charge in [0.15, 0.2) is 6.04 Å².